The van der Waals surface area contributed by atoms with Gasteiger partial charge in [0.05, 0.1) is 6.61 Å². The molecule has 0 aromatic rings. The fourth-order valence-electron chi connectivity index (χ4n) is 3.48. The van der Waals surface area contributed by atoms with Crippen LogP contribution in [0.15, 0.2) is 0 Å². The van der Waals surface area contributed by atoms with Crippen LogP contribution in [0.1, 0.15) is 39.5 Å². The van der Waals surface area contributed by atoms with Gasteiger partial charge >= 0.3 is 5.97 Å². The molecule has 2 saturated heterocycles. The van der Waals surface area contributed by atoms with Gasteiger partial charge in [-0.2, -0.15) is 0 Å². The third-order valence-corrected chi connectivity index (χ3v) is 4.72. The van der Waals surface area contributed by atoms with Gasteiger partial charge in [-0.25, -0.2) is 0 Å². The zero-order valence-corrected chi connectivity index (χ0v) is 13.6. The summed E-state index contributed by atoms with van der Waals surface area (Å²) in [4.78, 5) is 16.8. The molecular weight excluding hydrogens is 266 g/mol. The molecule has 2 fully saturated rings. The summed E-state index contributed by atoms with van der Waals surface area (Å²) in [5.74, 6) is 0.523. The van der Waals surface area contributed by atoms with E-state index in [1.165, 1.54) is 45.3 Å². The van der Waals surface area contributed by atoms with Gasteiger partial charge in [-0.3, -0.25) is 4.79 Å². The van der Waals surface area contributed by atoms with Crippen LogP contribution in [-0.2, 0) is 9.53 Å². The minimum Gasteiger partial charge on any atom is -0.465 e. The number of nitrogens with zero attached hydrogens (tertiary/aromatic N) is 2. The molecule has 0 bridgehead atoms. The van der Waals surface area contributed by atoms with Crippen molar-refractivity contribution in [3.63, 3.8) is 0 Å². The second-order valence-corrected chi connectivity index (χ2v) is 6.87. The summed E-state index contributed by atoms with van der Waals surface area (Å²) in [6, 6.07) is 0. The summed E-state index contributed by atoms with van der Waals surface area (Å²) in [6.45, 7) is 10.5. The Labute approximate surface area is 128 Å². The van der Waals surface area contributed by atoms with Crippen LogP contribution in [0.25, 0.3) is 0 Å². The van der Waals surface area contributed by atoms with Crippen molar-refractivity contribution in [1.82, 2.24) is 9.80 Å². The number of piperidine rings is 1. The monoisotopic (exact) mass is 297 g/mol. The standard InChI is InChI=1S/C16H31N3O2/c1-3-21-15(20)16(2,17)13-19-10-6-14(7-11-19)12-18-8-4-5-9-18/h14H,3-13,17H2,1-2H3. The average molecular weight is 297 g/mol. The summed E-state index contributed by atoms with van der Waals surface area (Å²) in [6.07, 6.45) is 5.17. The number of hydrogen-bond donors (Lipinski definition) is 1. The Morgan fingerprint density at radius 1 is 1.19 bits per heavy atom. The molecule has 0 aromatic carbocycles. The molecule has 5 nitrogen and oxygen atoms in total. The number of carbonyl (C=O) groups is 1. The van der Waals surface area contributed by atoms with Crippen molar-refractivity contribution >= 4 is 5.97 Å². The van der Waals surface area contributed by atoms with Gasteiger partial charge in [0.1, 0.15) is 5.54 Å². The van der Waals surface area contributed by atoms with Crippen molar-refractivity contribution in [1.29, 1.82) is 0 Å². The van der Waals surface area contributed by atoms with E-state index in [2.05, 4.69) is 9.80 Å². The normalized spacial score (nSPS) is 24.9. The molecule has 1 unspecified atom stereocenters. The maximum Gasteiger partial charge on any atom is 0.327 e. The largest absolute Gasteiger partial charge is 0.465 e. The van der Waals surface area contributed by atoms with Crippen LogP contribution < -0.4 is 5.73 Å². The second kappa shape index (κ2) is 7.56. The lowest BCUT2D eigenvalue weighted by Gasteiger charge is -2.37. The first kappa shape index (κ1) is 16.7. The third kappa shape index (κ3) is 4.94. The predicted molar refractivity (Wildman–Crippen MR) is 84.1 cm³/mol. The first-order valence-electron chi connectivity index (χ1n) is 8.42. The number of esters is 1. The first-order valence-corrected chi connectivity index (χ1v) is 8.42. The predicted octanol–water partition coefficient (Wildman–Crippen LogP) is 1.07. The van der Waals surface area contributed by atoms with Crippen LogP contribution in [0.2, 0.25) is 0 Å². The highest BCUT2D eigenvalue weighted by molar-refractivity contribution is 5.80. The topological polar surface area (TPSA) is 58.8 Å². The van der Waals surface area contributed by atoms with Crippen LogP contribution in [0, 0.1) is 5.92 Å². The van der Waals surface area contributed by atoms with E-state index < -0.39 is 5.54 Å². The van der Waals surface area contributed by atoms with Gasteiger partial charge in [-0.15, -0.1) is 0 Å². The van der Waals surface area contributed by atoms with Crippen LogP contribution in [0.5, 0.6) is 0 Å². The van der Waals surface area contributed by atoms with E-state index >= 15 is 0 Å². The van der Waals surface area contributed by atoms with Crippen molar-refractivity contribution in [2.45, 2.75) is 45.1 Å². The Morgan fingerprint density at radius 3 is 2.38 bits per heavy atom. The Morgan fingerprint density at radius 2 is 1.81 bits per heavy atom. The van der Waals surface area contributed by atoms with Gasteiger partial charge in [0, 0.05) is 13.1 Å². The molecule has 1 atom stereocenters. The summed E-state index contributed by atoms with van der Waals surface area (Å²) in [7, 11) is 0. The van der Waals surface area contributed by atoms with Gasteiger partial charge in [0.25, 0.3) is 0 Å². The van der Waals surface area contributed by atoms with E-state index in [4.69, 9.17) is 10.5 Å². The zero-order valence-electron chi connectivity index (χ0n) is 13.6. The number of carbonyl (C=O) groups excluding carboxylic acids is 1. The summed E-state index contributed by atoms with van der Waals surface area (Å²) < 4.78 is 5.06. The molecule has 0 saturated carbocycles. The summed E-state index contributed by atoms with van der Waals surface area (Å²) in [5.41, 5.74) is 5.23. The number of nitrogens with two attached hydrogens (primary N) is 1. The summed E-state index contributed by atoms with van der Waals surface area (Å²) >= 11 is 0. The number of likely N-dealkylation sites (tertiary alicyclic amines) is 2. The van der Waals surface area contributed by atoms with E-state index in [1.54, 1.807) is 6.92 Å². The molecule has 0 amide bonds. The maximum atomic E-state index is 11.9. The molecule has 2 aliphatic heterocycles. The Bertz CT molecular complexity index is 332. The zero-order chi connectivity index (χ0) is 15.3. The lowest BCUT2D eigenvalue weighted by Crippen LogP contribution is -2.56. The maximum absolute atomic E-state index is 11.9. The van der Waals surface area contributed by atoms with Crippen molar-refractivity contribution in [3.05, 3.63) is 0 Å². The quantitative estimate of drug-likeness (QED) is 0.743. The number of ether oxygens (including phenoxy) is 1. The molecule has 0 aromatic heterocycles. The Kier molecular flexibility index (Phi) is 6.02. The third-order valence-electron chi connectivity index (χ3n) is 4.72. The smallest absolute Gasteiger partial charge is 0.327 e. The molecule has 2 aliphatic rings. The van der Waals surface area contributed by atoms with Gasteiger partial charge in [0.15, 0.2) is 0 Å². The molecule has 21 heavy (non-hydrogen) atoms. The van der Waals surface area contributed by atoms with Gasteiger partial charge in [-0.05, 0) is 71.6 Å². The van der Waals surface area contributed by atoms with E-state index in [1.807, 2.05) is 6.92 Å². The van der Waals surface area contributed by atoms with E-state index in [9.17, 15) is 4.79 Å². The van der Waals surface area contributed by atoms with Crippen LogP contribution in [0.4, 0.5) is 0 Å². The van der Waals surface area contributed by atoms with Crippen molar-refractivity contribution in [2.24, 2.45) is 11.7 Å². The SMILES string of the molecule is CCOC(=O)C(C)(N)CN1CCC(CN2CCCC2)CC1. The van der Waals surface area contributed by atoms with Crippen molar-refractivity contribution in [2.75, 3.05) is 45.9 Å². The number of rotatable bonds is 6. The van der Waals surface area contributed by atoms with Gasteiger partial charge in [-0.1, -0.05) is 0 Å². The highest BCUT2D eigenvalue weighted by atomic mass is 16.5. The minimum atomic E-state index is -0.891. The van der Waals surface area contributed by atoms with Crippen molar-refractivity contribution in [3.8, 4) is 0 Å². The molecule has 5 heteroatoms. The number of hydrogen-bond acceptors (Lipinski definition) is 5. The molecular formula is C16H31N3O2. The Balaban J connectivity index is 1.71. The van der Waals surface area contributed by atoms with E-state index in [-0.39, 0.29) is 5.97 Å². The van der Waals surface area contributed by atoms with Gasteiger partial charge < -0.3 is 20.3 Å². The molecule has 0 radical (unpaired) electrons. The van der Waals surface area contributed by atoms with E-state index in [0.29, 0.717) is 13.2 Å². The molecule has 2 heterocycles. The minimum absolute atomic E-state index is 0.288. The fourth-order valence-corrected chi connectivity index (χ4v) is 3.48. The molecule has 2 N–H and O–H groups in total. The average Bonchev–Trinajstić information content (AvgIpc) is 2.94. The molecule has 2 rings (SSSR count). The fraction of sp³-hybridized carbons (Fsp3) is 0.938. The van der Waals surface area contributed by atoms with E-state index in [0.717, 1.165) is 19.0 Å². The highest BCUT2D eigenvalue weighted by Crippen LogP contribution is 2.21. The van der Waals surface area contributed by atoms with Crippen LogP contribution in [0.3, 0.4) is 0 Å². The molecule has 122 valence electrons. The highest BCUT2D eigenvalue weighted by Gasteiger charge is 2.33. The van der Waals surface area contributed by atoms with Crippen LogP contribution >= 0.6 is 0 Å². The lowest BCUT2D eigenvalue weighted by molar-refractivity contribution is -0.149. The van der Waals surface area contributed by atoms with Crippen LogP contribution in [-0.4, -0.2) is 67.2 Å². The first-order chi connectivity index (χ1) is 10.0. The summed E-state index contributed by atoms with van der Waals surface area (Å²) in [5, 5.41) is 0. The second-order valence-electron chi connectivity index (χ2n) is 6.87. The molecule has 0 aliphatic carbocycles. The van der Waals surface area contributed by atoms with Crippen molar-refractivity contribution < 1.29 is 9.53 Å². The lowest BCUT2D eigenvalue weighted by atomic mass is 9.94. The molecule has 0 spiro atoms. The Hall–Kier alpha value is -0.650. The van der Waals surface area contributed by atoms with Gasteiger partial charge in [0.2, 0.25) is 0 Å².